The van der Waals surface area contributed by atoms with Gasteiger partial charge in [0.1, 0.15) is 17.2 Å². The van der Waals surface area contributed by atoms with E-state index in [2.05, 4.69) is 27.7 Å². The summed E-state index contributed by atoms with van der Waals surface area (Å²) in [5.41, 5.74) is 2.06. The standard InChI is InChI=1S/C21H18N2O2S/c1-2-20(26-15-1)12-14-24-17-7-9-19(10-8-17)25-18-5-3-16(4-6-18)21-11-13-22-23-21/h1-11,13,15H,12,14H2,(H,22,23). The number of aromatic amines is 1. The molecule has 26 heavy (non-hydrogen) atoms. The lowest BCUT2D eigenvalue weighted by Gasteiger charge is -2.09. The van der Waals surface area contributed by atoms with Gasteiger partial charge < -0.3 is 9.47 Å². The summed E-state index contributed by atoms with van der Waals surface area (Å²) in [6, 6.07) is 21.7. The van der Waals surface area contributed by atoms with Crippen LogP contribution in [0.5, 0.6) is 17.2 Å². The molecule has 0 aliphatic heterocycles. The van der Waals surface area contributed by atoms with Gasteiger partial charge in [-0.2, -0.15) is 5.10 Å². The summed E-state index contributed by atoms with van der Waals surface area (Å²) in [6.07, 6.45) is 2.67. The van der Waals surface area contributed by atoms with Crippen molar-refractivity contribution in [1.82, 2.24) is 10.2 Å². The molecule has 0 bridgehead atoms. The molecular formula is C21H18N2O2S. The first-order valence-electron chi connectivity index (χ1n) is 8.40. The molecule has 0 fully saturated rings. The fourth-order valence-corrected chi connectivity index (χ4v) is 3.27. The van der Waals surface area contributed by atoms with Crippen LogP contribution in [0.4, 0.5) is 0 Å². The zero-order valence-electron chi connectivity index (χ0n) is 14.1. The Kier molecular flexibility index (Phi) is 4.98. The molecular weight excluding hydrogens is 344 g/mol. The van der Waals surface area contributed by atoms with E-state index in [0.29, 0.717) is 6.61 Å². The van der Waals surface area contributed by atoms with Crippen LogP contribution in [0, 0.1) is 0 Å². The van der Waals surface area contributed by atoms with E-state index in [4.69, 9.17) is 9.47 Å². The first-order valence-corrected chi connectivity index (χ1v) is 9.28. The maximum absolute atomic E-state index is 5.89. The zero-order valence-corrected chi connectivity index (χ0v) is 14.9. The quantitative estimate of drug-likeness (QED) is 0.469. The molecule has 130 valence electrons. The number of nitrogens with one attached hydrogen (secondary N) is 1. The van der Waals surface area contributed by atoms with E-state index in [0.717, 1.165) is 34.9 Å². The van der Waals surface area contributed by atoms with Crippen molar-refractivity contribution in [3.63, 3.8) is 0 Å². The minimum Gasteiger partial charge on any atom is -0.493 e. The van der Waals surface area contributed by atoms with Crippen LogP contribution >= 0.6 is 11.3 Å². The molecule has 4 rings (SSSR count). The van der Waals surface area contributed by atoms with Gasteiger partial charge in [0.25, 0.3) is 0 Å². The van der Waals surface area contributed by atoms with Gasteiger partial charge in [0.15, 0.2) is 0 Å². The van der Waals surface area contributed by atoms with Crippen LogP contribution in [-0.4, -0.2) is 16.8 Å². The molecule has 0 amide bonds. The minimum atomic E-state index is 0.676. The highest BCUT2D eigenvalue weighted by Crippen LogP contribution is 2.26. The highest BCUT2D eigenvalue weighted by atomic mass is 32.1. The van der Waals surface area contributed by atoms with Gasteiger partial charge in [-0.3, -0.25) is 5.10 Å². The second-order valence-electron chi connectivity index (χ2n) is 5.75. The molecule has 0 radical (unpaired) electrons. The Labute approximate surface area is 156 Å². The number of rotatable bonds is 7. The van der Waals surface area contributed by atoms with E-state index in [-0.39, 0.29) is 0 Å². The van der Waals surface area contributed by atoms with Gasteiger partial charge in [0, 0.05) is 17.5 Å². The van der Waals surface area contributed by atoms with Crippen molar-refractivity contribution in [2.75, 3.05) is 6.61 Å². The van der Waals surface area contributed by atoms with Crippen molar-refractivity contribution in [2.45, 2.75) is 6.42 Å². The number of thiophene rings is 1. The Bertz CT molecular complexity index is 915. The molecule has 0 unspecified atom stereocenters. The Balaban J connectivity index is 1.32. The molecule has 4 nitrogen and oxygen atoms in total. The highest BCUT2D eigenvalue weighted by molar-refractivity contribution is 7.09. The van der Waals surface area contributed by atoms with Gasteiger partial charge >= 0.3 is 0 Å². The number of hydrogen-bond donors (Lipinski definition) is 1. The van der Waals surface area contributed by atoms with E-state index in [1.807, 2.05) is 54.6 Å². The number of H-pyrrole nitrogens is 1. The maximum Gasteiger partial charge on any atom is 0.127 e. The SMILES string of the molecule is c1csc(CCOc2ccc(Oc3ccc(-c4ccn[nH]4)cc3)cc2)c1. The largest absolute Gasteiger partial charge is 0.493 e. The van der Waals surface area contributed by atoms with Gasteiger partial charge in [-0.25, -0.2) is 0 Å². The van der Waals surface area contributed by atoms with Gasteiger partial charge in [-0.15, -0.1) is 11.3 Å². The van der Waals surface area contributed by atoms with E-state index in [9.17, 15) is 0 Å². The summed E-state index contributed by atoms with van der Waals surface area (Å²) < 4.78 is 11.7. The minimum absolute atomic E-state index is 0.676. The van der Waals surface area contributed by atoms with E-state index in [1.165, 1.54) is 4.88 Å². The van der Waals surface area contributed by atoms with Crippen LogP contribution < -0.4 is 9.47 Å². The van der Waals surface area contributed by atoms with Crippen LogP contribution in [0.1, 0.15) is 4.88 Å². The number of hydrogen-bond acceptors (Lipinski definition) is 4. The van der Waals surface area contributed by atoms with E-state index >= 15 is 0 Å². The third kappa shape index (κ3) is 4.13. The number of nitrogens with zero attached hydrogens (tertiary/aromatic N) is 1. The number of benzene rings is 2. The normalized spacial score (nSPS) is 10.6. The molecule has 4 aromatic rings. The van der Waals surface area contributed by atoms with Crippen molar-refractivity contribution in [2.24, 2.45) is 0 Å². The average molecular weight is 362 g/mol. The van der Waals surface area contributed by atoms with E-state index in [1.54, 1.807) is 17.5 Å². The second kappa shape index (κ2) is 7.89. The van der Waals surface area contributed by atoms with Gasteiger partial charge in [0.05, 0.1) is 12.3 Å². The van der Waals surface area contributed by atoms with Crippen molar-refractivity contribution in [1.29, 1.82) is 0 Å². The molecule has 0 saturated carbocycles. The lowest BCUT2D eigenvalue weighted by Crippen LogP contribution is -1.99. The van der Waals surface area contributed by atoms with Gasteiger partial charge in [0.2, 0.25) is 0 Å². The Morgan fingerprint density at radius 3 is 2.23 bits per heavy atom. The monoisotopic (exact) mass is 362 g/mol. The molecule has 1 N–H and O–H groups in total. The fraction of sp³-hybridized carbons (Fsp3) is 0.0952. The van der Waals surface area contributed by atoms with E-state index < -0.39 is 0 Å². The van der Waals surface area contributed by atoms with Crippen molar-refractivity contribution in [3.05, 3.63) is 83.2 Å². The third-order valence-corrected chi connectivity index (χ3v) is 4.86. The Hall–Kier alpha value is -3.05. The van der Waals surface area contributed by atoms with Crippen molar-refractivity contribution >= 4 is 11.3 Å². The van der Waals surface area contributed by atoms with Gasteiger partial charge in [-0.05, 0) is 71.6 Å². The molecule has 0 atom stereocenters. The van der Waals surface area contributed by atoms with Crippen LogP contribution in [-0.2, 0) is 6.42 Å². The maximum atomic E-state index is 5.89. The predicted molar refractivity (Wildman–Crippen MR) is 104 cm³/mol. The zero-order chi connectivity index (χ0) is 17.6. The molecule has 0 saturated heterocycles. The lowest BCUT2D eigenvalue weighted by molar-refractivity contribution is 0.322. The Morgan fingerprint density at radius 2 is 1.58 bits per heavy atom. The summed E-state index contributed by atoms with van der Waals surface area (Å²) in [4.78, 5) is 1.34. The number of aromatic nitrogens is 2. The van der Waals surface area contributed by atoms with Crippen LogP contribution in [0.2, 0.25) is 0 Å². The smallest absolute Gasteiger partial charge is 0.127 e. The molecule has 0 aliphatic carbocycles. The predicted octanol–water partition coefficient (Wildman–Crippen LogP) is 5.55. The van der Waals surface area contributed by atoms with Gasteiger partial charge in [-0.1, -0.05) is 6.07 Å². The molecule has 2 aromatic carbocycles. The Morgan fingerprint density at radius 1 is 0.846 bits per heavy atom. The van der Waals surface area contributed by atoms with Crippen LogP contribution in [0.3, 0.4) is 0 Å². The second-order valence-corrected chi connectivity index (χ2v) is 6.78. The van der Waals surface area contributed by atoms with Crippen molar-refractivity contribution < 1.29 is 9.47 Å². The van der Waals surface area contributed by atoms with Crippen LogP contribution in [0.15, 0.2) is 78.3 Å². The van der Waals surface area contributed by atoms with Crippen molar-refractivity contribution in [3.8, 4) is 28.5 Å². The first kappa shape index (κ1) is 16.4. The molecule has 0 aliphatic rings. The third-order valence-electron chi connectivity index (χ3n) is 3.92. The fourth-order valence-electron chi connectivity index (χ4n) is 2.58. The summed E-state index contributed by atoms with van der Waals surface area (Å²) in [7, 11) is 0. The van der Waals surface area contributed by atoms with Crippen LogP contribution in [0.25, 0.3) is 11.3 Å². The molecule has 2 aromatic heterocycles. The molecule has 5 heteroatoms. The molecule has 2 heterocycles. The lowest BCUT2D eigenvalue weighted by atomic mass is 10.1. The topological polar surface area (TPSA) is 47.1 Å². The number of ether oxygens (including phenoxy) is 2. The summed E-state index contributed by atoms with van der Waals surface area (Å²) in [6.45, 7) is 0.676. The highest BCUT2D eigenvalue weighted by Gasteiger charge is 2.02. The summed E-state index contributed by atoms with van der Waals surface area (Å²) in [5, 5.41) is 9.00. The average Bonchev–Trinajstić information content (AvgIpc) is 3.38. The summed E-state index contributed by atoms with van der Waals surface area (Å²) >= 11 is 1.76. The first-order chi connectivity index (χ1) is 12.9. The molecule has 0 spiro atoms. The summed E-state index contributed by atoms with van der Waals surface area (Å²) in [5.74, 6) is 2.42.